The molecule has 1 aliphatic rings. The number of carboxylic acid groups (broad SMARTS) is 1. The molecule has 1 aromatic carbocycles. The maximum Gasteiger partial charge on any atom is 0.306 e. The fraction of sp³-hybridized carbons (Fsp3) is 0.417. The van der Waals surface area contributed by atoms with Crippen LogP contribution < -0.4 is 0 Å². The number of rotatable bonds is 3. The van der Waals surface area contributed by atoms with E-state index in [4.69, 9.17) is 16.7 Å². The predicted molar refractivity (Wildman–Crippen MR) is 60.4 cm³/mol. The lowest BCUT2D eigenvalue weighted by Crippen LogP contribution is -2.48. The van der Waals surface area contributed by atoms with Gasteiger partial charge in [-0.15, -0.1) is 0 Å². The van der Waals surface area contributed by atoms with Crippen LogP contribution in [0.5, 0.6) is 0 Å². The van der Waals surface area contributed by atoms with E-state index in [0.717, 1.165) is 0 Å². The van der Waals surface area contributed by atoms with Gasteiger partial charge in [0.15, 0.2) is 0 Å². The molecule has 0 amide bonds. The highest BCUT2D eigenvalue weighted by Gasteiger charge is 2.46. The number of carboxylic acids is 1. The maximum atomic E-state index is 13.2. The van der Waals surface area contributed by atoms with Crippen molar-refractivity contribution >= 4 is 17.6 Å². The second-order valence-electron chi connectivity index (χ2n) is 4.59. The molecule has 3 nitrogen and oxygen atoms in total. The van der Waals surface area contributed by atoms with Crippen molar-refractivity contribution in [2.75, 3.05) is 0 Å². The van der Waals surface area contributed by atoms with Crippen LogP contribution in [-0.2, 0) is 11.2 Å². The third kappa shape index (κ3) is 2.58. The Morgan fingerprint density at radius 1 is 1.53 bits per heavy atom. The van der Waals surface area contributed by atoms with E-state index >= 15 is 0 Å². The third-order valence-electron chi connectivity index (χ3n) is 3.12. The van der Waals surface area contributed by atoms with Crippen molar-refractivity contribution in [1.82, 2.24) is 0 Å². The third-order valence-corrected chi connectivity index (χ3v) is 3.43. The molecular weight excluding hydrogens is 247 g/mol. The Hall–Kier alpha value is -1.13. The fourth-order valence-electron chi connectivity index (χ4n) is 2.21. The SMILES string of the molecule is O=C(O)C1CC(O)(Cc2ccc(Cl)c(F)c2)C1. The van der Waals surface area contributed by atoms with Crippen LogP contribution >= 0.6 is 11.6 Å². The standard InChI is InChI=1S/C12H12ClFO3/c13-9-2-1-7(3-10(9)14)4-12(17)5-8(6-12)11(15)16/h1-3,8,17H,4-6H2,(H,15,16). The molecule has 1 aliphatic carbocycles. The van der Waals surface area contributed by atoms with Gasteiger partial charge in [0.2, 0.25) is 0 Å². The van der Waals surface area contributed by atoms with E-state index in [2.05, 4.69) is 0 Å². The molecule has 0 atom stereocenters. The zero-order valence-electron chi connectivity index (χ0n) is 8.99. The van der Waals surface area contributed by atoms with E-state index in [1.54, 1.807) is 6.07 Å². The van der Waals surface area contributed by atoms with Gasteiger partial charge in [-0.25, -0.2) is 4.39 Å². The molecule has 0 heterocycles. The highest BCUT2D eigenvalue weighted by molar-refractivity contribution is 6.30. The first-order valence-electron chi connectivity index (χ1n) is 5.29. The summed E-state index contributed by atoms with van der Waals surface area (Å²) in [5.41, 5.74) is -0.401. The summed E-state index contributed by atoms with van der Waals surface area (Å²) in [6, 6.07) is 4.34. The average molecular weight is 259 g/mol. The summed E-state index contributed by atoms with van der Waals surface area (Å²) in [7, 11) is 0. The van der Waals surface area contributed by atoms with Gasteiger partial charge in [0.25, 0.3) is 0 Å². The molecule has 1 fully saturated rings. The van der Waals surface area contributed by atoms with Gasteiger partial charge in [-0.05, 0) is 30.5 Å². The van der Waals surface area contributed by atoms with E-state index in [0.29, 0.717) is 5.56 Å². The van der Waals surface area contributed by atoms with Gasteiger partial charge in [0, 0.05) is 6.42 Å². The van der Waals surface area contributed by atoms with Crippen molar-refractivity contribution in [1.29, 1.82) is 0 Å². The molecule has 17 heavy (non-hydrogen) atoms. The zero-order valence-corrected chi connectivity index (χ0v) is 9.75. The molecule has 0 bridgehead atoms. The quantitative estimate of drug-likeness (QED) is 0.874. The second-order valence-corrected chi connectivity index (χ2v) is 5.00. The van der Waals surface area contributed by atoms with Crippen LogP contribution in [0.25, 0.3) is 0 Å². The molecule has 0 radical (unpaired) electrons. The highest BCUT2D eigenvalue weighted by Crippen LogP contribution is 2.40. The highest BCUT2D eigenvalue weighted by atomic mass is 35.5. The number of halogens is 2. The van der Waals surface area contributed by atoms with Crippen molar-refractivity contribution in [3.8, 4) is 0 Å². The molecule has 2 N–H and O–H groups in total. The minimum absolute atomic E-state index is 0.0396. The Labute approximate surface area is 103 Å². The summed E-state index contributed by atoms with van der Waals surface area (Å²) in [5.74, 6) is -1.91. The molecule has 0 aliphatic heterocycles. The Morgan fingerprint density at radius 2 is 2.18 bits per heavy atom. The van der Waals surface area contributed by atoms with Crippen molar-refractivity contribution in [2.24, 2.45) is 5.92 Å². The minimum Gasteiger partial charge on any atom is -0.481 e. The van der Waals surface area contributed by atoms with Gasteiger partial charge >= 0.3 is 5.97 Å². The van der Waals surface area contributed by atoms with E-state index < -0.39 is 23.3 Å². The first-order chi connectivity index (χ1) is 7.89. The van der Waals surface area contributed by atoms with Gasteiger partial charge in [-0.3, -0.25) is 4.79 Å². The van der Waals surface area contributed by atoms with Crippen LogP contribution in [0.15, 0.2) is 18.2 Å². The van der Waals surface area contributed by atoms with Gasteiger partial charge in [0.05, 0.1) is 16.5 Å². The first kappa shape index (κ1) is 12.3. The molecule has 1 saturated carbocycles. The molecule has 92 valence electrons. The topological polar surface area (TPSA) is 57.5 Å². The lowest BCUT2D eigenvalue weighted by molar-refractivity contribution is -0.158. The van der Waals surface area contributed by atoms with Crippen LogP contribution in [0.3, 0.4) is 0 Å². The van der Waals surface area contributed by atoms with Gasteiger partial charge in [-0.1, -0.05) is 17.7 Å². The van der Waals surface area contributed by atoms with E-state index in [1.807, 2.05) is 0 Å². The lowest BCUT2D eigenvalue weighted by Gasteiger charge is -2.41. The normalized spacial score (nSPS) is 27.6. The summed E-state index contributed by atoms with van der Waals surface area (Å²) < 4.78 is 13.2. The van der Waals surface area contributed by atoms with E-state index in [9.17, 15) is 14.3 Å². The molecule has 0 aromatic heterocycles. The molecule has 0 saturated heterocycles. The summed E-state index contributed by atoms with van der Waals surface area (Å²) in [6.45, 7) is 0. The van der Waals surface area contributed by atoms with Gasteiger partial charge in [-0.2, -0.15) is 0 Å². The Morgan fingerprint density at radius 3 is 2.71 bits per heavy atom. The predicted octanol–water partition coefficient (Wildman–Crippen LogP) is 2.25. The van der Waals surface area contributed by atoms with Crippen LogP contribution in [0.2, 0.25) is 5.02 Å². The van der Waals surface area contributed by atoms with Crippen LogP contribution in [0.1, 0.15) is 18.4 Å². The van der Waals surface area contributed by atoms with Crippen LogP contribution in [0.4, 0.5) is 4.39 Å². The van der Waals surface area contributed by atoms with Crippen molar-refractivity contribution < 1.29 is 19.4 Å². The zero-order chi connectivity index (χ0) is 12.6. The van der Waals surface area contributed by atoms with Crippen molar-refractivity contribution in [3.05, 3.63) is 34.6 Å². The largest absolute Gasteiger partial charge is 0.481 e. The van der Waals surface area contributed by atoms with Crippen LogP contribution in [-0.4, -0.2) is 21.8 Å². The van der Waals surface area contributed by atoms with Gasteiger partial charge < -0.3 is 10.2 Å². The van der Waals surface area contributed by atoms with Crippen LogP contribution in [0, 0.1) is 11.7 Å². The lowest BCUT2D eigenvalue weighted by atomic mass is 9.68. The molecule has 0 spiro atoms. The monoisotopic (exact) mass is 258 g/mol. The number of benzene rings is 1. The maximum absolute atomic E-state index is 13.2. The van der Waals surface area contributed by atoms with Crippen molar-refractivity contribution in [3.63, 3.8) is 0 Å². The summed E-state index contributed by atoms with van der Waals surface area (Å²) >= 11 is 5.55. The molecule has 0 unspecified atom stereocenters. The number of aliphatic hydroxyl groups is 1. The Bertz CT molecular complexity index is 455. The summed E-state index contributed by atoms with van der Waals surface area (Å²) in [5, 5.41) is 18.8. The molecule has 1 aromatic rings. The average Bonchev–Trinajstić information content (AvgIpc) is 2.19. The number of hydrogen-bond acceptors (Lipinski definition) is 2. The number of carbonyl (C=O) groups is 1. The van der Waals surface area contributed by atoms with E-state index in [-0.39, 0.29) is 24.3 Å². The molecule has 5 heteroatoms. The second kappa shape index (κ2) is 4.27. The van der Waals surface area contributed by atoms with Crippen molar-refractivity contribution in [2.45, 2.75) is 24.9 Å². The number of aliphatic carboxylic acids is 1. The Balaban J connectivity index is 2.02. The first-order valence-corrected chi connectivity index (χ1v) is 5.66. The number of hydrogen-bond donors (Lipinski definition) is 2. The molecular formula is C12H12ClFO3. The fourth-order valence-corrected chi connectivity index (χ4v) is 2.32. The summed E-state index contributed by atoms with van der Waals surface area (Å²) in [4.78, 5) is 10.6. The van der Waals surface area contributed by atoms with E-state index in [1.165, 1.54) is 12.1 Å². The summed E-state index contributed by atoms with van der Waals surface area (Å²) in [6.07, 6.45) is 0.685. The van der Waals surface area contributed by atoms with Gasteiger partial charge in [0.1, 0.15) is 5.82 Å². The smallest absolute Gasteiger partial charge is 0.306 e. The Kier molecular flexibility index (Phi) is 3.10. The molecule has 2 rings (SSSR count). The minimum atomic E-state index is -1.02.